The molecule has 0 amide bonds. The minimum absolute atomic E-state index is 0.237. The summed E-state index contributed by atoms with van der Waals surface area (Å²) >= 11 is 0. The van der Waals surface area contributed by atoms with E-state index < -0.39 is 10.0 Å². The minimum atomic E-state index is -3.62. The third kappa shape index (κ3) is 4.01. The molecule has 6 heteroatoms. The Labute approximate surface area is 173 Å². The van der Waals surface area contributed by atoms with Crippen molar-refractivity contribution in [1.29, 1.82) is 0 Å². The van der Waals surface area contributed by atoms with Crippen molar-refractivity contribution in [1.82, 2.24) is 9.21 Å². The fraction of sp³-hybridized carbons (Fsp3) is 0.304. The summed E-state index contributed by atoms with van der Waals surface area (Å²) in [6, 6.07) is 16.4. The first-order chi connectivity index (χ1) is 14.0. The van der Waals surface area contributed by atoms with Gasteiger partial charge in [0.25, 0.3) is 0 Å². The molecule has 4 rings (SSSR count). The standard InChI is InChI=1S/C23H27N3O2S/c1-18-7-5-6-10-22(18)25-15-16-26(23(17-25)19-8-3-2-4-9-19)29(27,28)21-13-11-20(24)12-14-21/h2-14,18,22-23H,15-17,24H2,1H3. The topological polar surface area (TPSA) is 66.6 Å². The predicted molar refractivity (Wildman–Crippen MR) is 117 cm³/mol. The highest BCUT2D eigenvalue weighted by Gasteiger charge is 2.39. The first-order valence-electron chi connectivity index (χ1n) is 9.98. The second-order valence-electron chi connectivity index (χ2n) is 7.73. The van der Waals surface area contributed by atoms with Crippen LogP contribution in [0.1, 0.15) is 18.5 Å². The maximum absolute atomic E-state index is 13.5. The van der Waals surface area contributed by atoms with Gasteiger partial charge in [0.15, 0.2) is 0 Å². The van der Waals surface area contributed by atoms with Crippen LogP contribution >= 0.6 is 0 Å². The Hall–Kier alpha value is -2.41. The third-order valence-corrected chi connectivity index (χ3v) is 7.75. The maximum atomic E-state index is 13.5. The number of nitrogens with two attached hydrogens (primary N) is 1. The molecule has 152 valence electrons. The normalized spacial score (nSPS) is 25.9. The van der Waals surface area contributed by atoms with Crippen LogP contribution in [-0.4, -0.2) is 43.3 Å². The first-order valence-corrected chi connectivity index (χ1v) is 11.4. The second kappa shape index (κ2) is 8.14. The molecule has 29 heavy (non-hydrogen) atoms. The van der Waals surface area contributed by atoms with Crippen LogP contribution in [0.5, 0.6) is 0 Å². The van der Waals surface area contributed by atoms with Gasteiger partial charge in [-0.25, -0.2) is 8.42 Å². The number of sulfonamides is 1. The molecule has 3 atom stereocenters. The van der Waals surface area contributed by atoms with Gasteiger partial charge in [0.1, 0.15) is 0 Å². The summed E-state index contributed by atoms with van der Waals surface area (Å²) in [6.45, 7) is 4.02. The molecular weight excluding hydrogens is 382 g/mol. The lowest BCUT2D eigenvalue weighted by Crippen LogP contribution is -2.54. The first kappa shape index (κ1) is 19.9. The lowest BCUT2D eigenvalue weighted by Gasteiger charge is -2.44. The number of nitrogens with zero attached hydrogens (tertiary/aromatic N) is 2. The molecule has 0 radical (unpaired) electrons. The third-order valence-electron chi connectivity index (χ3n) is 5.83. The van der Waals surface area contributed by atoms with Crippen LogP contribution < -0.4 is 5.73 Å². The average molecular weight is 410 g/mol. The summed E-state index contributed by atoms with van der Waals surface area (Å²) in [7, 11) is -3.62. The molecule has 0 saturated carbocycles. The molecule has 1 fully saturated rings. The number of benzene rings is 2. The van der Waals surface area contributed by atoms with E-state index in [0.717, 1.165) is 5.56 Å². The van der Waals surface area contributed by atoms with Crippen LogP contribution in [-0.2, 0) is 10.0 Å². The van der Waals surface area contributed by atoms with Crippen molar-refractivity contribution in [2.45, 2.75) is 23.9 Å². The van der Waals surface area contributed by atoms with Gasteiger partial charge in [0.05, 0.1) is 10.9 Å². The van der Waals surface area contributed by atoms with E-state index in [0.29, 0.717) is 31.2 Å². The van der Waals surface area contributed by atoms with Gasteiger partial charge in [-0.05, 0) is 35.7 Å². The molecule has 2 N–H and O–H groups in total. The van der Waals surface area contributed by atoms with Crippen molar-refractivity contribution >= 4 is 15.7 Å². The SMILES string of the molecule is CC1C=CC=CC1N1CCN(S(=O)(=O)c2ccc(N)cc2)C(c2ccccc2)C1. The molecule has 0 aromatic heterocycles. The molecule has 2 aromatic carbocycles. The highest BCUT2D eigenvalue weighted by Crippen LogP contribution is 2.33. The molecule has 2 aliphatic rings. The van der Waals surface area contributed by atoms with E-state index >= 15 is 0 Å². The van der Waals surface area contributed by atoms with Crippen LogP contribution in [0.25, 0.3) is 0 Å². The number of piperazine rings is 1. The number of hydrogen-bond donors (Lipinski definition) is 1. The minimum Gasteiger partial charge on any atom is -0.399 e. The average Bonchev–Trinajstić information content (AvgIpc) is 2.74. The van der Waals surface area contributed by atoms with Gasteiger partial charge >= 0.3 is 0 Å². The van der Waals surface area contributed by atoms with Gasteiger partial charge in [0, 0.05) is 31.4 Å². The molecule has 1 saturated heterocycles. The molecule has 0 bridgehead atoms. The van der Waals surface area contributed by atoms with Gasteiger partial charge in [-0.2, -0.15) is 4.31 Å². The zero-order chi connectivity index (χ0) is 20.4. The fourth-order valence-corrected chi connectivity index (χ4v) is 5.82. The highest BCUT2D eigenvalue weighted by molar-refractivity contribution is 7.89. The van der Waals surface area contributed by atoms with Crippen molar-refractivity contribution in [3.63, 3.8) is 0 Å². The smallest absolute Gasteiger partial charge is 0.243 e. The van der Waals surface area contributed by atoms with E-state index in [1.807, 2.05) is 30.3 Å². The quantitative estimate of drug-likeness (QED) is 0.786. The zero-order valence-corrected chi connectivity index (χ0v) is 17.4. The van der Waals surface area contributed by atoms with Crippen LogP contribution in [0.3, 0.4) is 0 Å². The van der Waals surface area contributed by atoms with Crippen molar-refractivity contribution in [2.24, 2.45) is 5.92 Å². The Balaban J connectivity index is 1.67. The summed E-state index contributed by atoms with van der Waals surface area (Å²) in [4.78, 5) is 2.69. The molecule has 1 aliphatic carbocycles. The van der Waals surface area contributed by atoms with Gasteiger partial charge in [-0.15, -0.1) is 0 Å². The largest absolute Gasteiger partial charge is 0.399 e. The van der Waals surface area contributed by atoms with Crippen molar-refractivity contribution < 1.29 is 8.42 Å². The zero-order valence-electron chi connectivity index (χ0n) is 16.6. The Bertz CT molecular complexity index is 1000. The Morgan fingerprint density at radius 1 is 0.931 bits per heavy atom. The van der Waals surface area contributed by atoms with Crippen LogP contribution in [0.2, 0.25) is 0 Å². The summed E-state index contributed by atoms with van der Waals surface area (Å²) in [6.07, 6.45) is 8.59. The summed E-state index contributed by atoms with van der Waals surface area (Å²) in [5.41, 5.74) is 7.32. The number of anilines is 1. The van der Waals surface area contributed by atoms with E-state index in [-0.39, 0.29) is 17.0 Å². The number of allylic oxidation sites excluding steroid dienone is 2. The predicted octanol–water partition coefficient (Wildman–Crippen LogP) is 3.45. The summed E-state index contributed by atoms with van der Waals surface area (Å²) < 4.78 is 28.6. The van der Waals surface area contributed by atoms with E-state index in [9.17, 15) is 8.42 Å². The van der Waals surface area contributed by atoms with E-state index in [1.54, 1.807) is 28.6 Å². The molecule has 5 nitrogen and oxygen atoms in total. The van der Waals surface area contributed by atoms with E-state index in [4.69, 9.17) is 5.73 Å². The van der Waals surface area contributed by atoms with Gasteiger partial charge in [-0.3, -0.25) is 4.90 Å². The highest BCUT2D eigenvalue weighted by atomic mass is 32.2. The number of hydrogen-bond acceptors (Lipinski definition) is 4. The summed E-state index contributed by atoms with van der Waals surface area (Å²) in [5.74, 6) is 0.400. The van der Waals surface area contributed by atoms with Crippen LogP contribution in [0.4, 0.5) is 5.69 Å². The maximum Gasteiger partial charge on any atom is 0.243 e. The fourth-order valence-electron chi connectivity index (χ4n) is 4.23. The van der Waals surface area contributed by atoms with Gasteiger partial charge < -0.3 is 5.73 Å². The Morgan fingerprint density at radius 3 is 2.31 bits per heavy atom. The van der Waals surface area contributed by atoms with E-state index in [2.05, 4.69) is 36.1 Å². The van der Waals surface area contributed by atoms with Crippen molar-refractivity contribution in [2.75, 3.05) is 25.4 Å². The summed E-state index contributed by atoms with van der Waals surface area (Å²) in [5, 5.41) is 0. The molecular formula is C23H27N3O2S. The second-order valence-corrected chi connectivity index (χ2v) is 9.62. The van der Waals surface area contributed by atoms with Crippen molar-refractivity contribution in [3.05, 3.63) is 84.5 Å². The molecule has 0 spiro atoms. The van der Waals surface area contributed by atoms with E-state index in [1.165, 1.54) is 0 Å². The molecule has 1 heterocycles. The van der Waals surface area contributed by atoms with Crippen LogP contribution in [0.15, 0.2) is 83.8 Å². The number of rotatable bonds is 4. The monoisotopic (exact) mass is 409 g/mol. The van der Waals surface area contributed by atoms with Crippen LogP contribution in [0, 0.1) is 5.92 Å². The van der Waals surface area contributed by atoms with Gasteiger partial charge in [-0.1, -0.05) is 61.6 Å². The molecule has 1 aliphatic heterocycles. The molecule has 2 aromatic rings. The Kier molecular flexibility index (Phi) is 5.58. The Morgan fingerprint density at radius 2 is 1.62 bits per heavy atom. The van der Waals surface area contributed by atoms with Crippen molar-refractivity contribution in [3.8, 4) is 0 Å². The van der Waals surface area contributed by atoms with Gasteiger partial charge in [0.2, 0.25) is 10.0 Å². The molecule has 3 unspecified atom stereocenters. The lowest BCUT2D eigenvalue weighted by atomic mass is 9.93. The lowest BCUT2D eigenvalue weighted by molar-refractivity contribution is 0.0984. The number of nitrogen functional groups attached to an aromatic ring is 1.